The minimum absolute atomic E-state index is 0.333. The Balaban J connectivity index is 2.44. The van der Waals surface area contributed by atoms with Gasteiger partial charge in [-0.05, 0) is 12.1 Å². The number of aromatic amines is 2. The van der Waals surface area contributed by atoms with Crippen LogP contribution in [0.2, 0.25) is 0 Å². The largest absolute Gasteiger partial charge is 0.360 e. The molecule has 58 valence electrons. The van der Waals surface area contributed by atoms with E-state index in [0.717, 1.165) is 11.4 Å². The maximum atomic E-state index is 8.49. The Hall–Kier alpha value is -2.02. The van der Waals surface area contributed by atoms with Gasteiger partial charge in [0.05, 0.1) is 17.6 Å². The van der Waals surface area contributed by atoms with Crippen LogP contribution < -0.4 is 0 Å². The maximum absolute atomic E-state index is 8.49. The lowest BCUT2D eigenvalue weighted by atomic mass is 10.3. The lowest BCUT2D eigenvalue weighted by molar-refractivity contribution is 1.22. The van der Waals surface area contributed by atoms with Crippen molar-refractivity contribution >= 4 is 0 Å². The predicted octanol–water partition coefficient (Wildman–Crippen LogP) is 1.28. The molecule has 0 spiro atoms. The first-order chi connectivity index (χ1) is 5.90. The minimum atomic E-state index is 0.333. The summed E-state index contributed by atoms with van der Waals surface area (Å²) in [6, 6.07) is 5.73. The first kappa shape index (κ1) is 6.68. The molecule has 2 rings (SSSR count). The minimum Gasteiger partial charge on any atom is -0.360 e. The summed E-state index contributed by atoms with van der Waals surface area (Å²) < 4.78 is 0. The van der Waals surface area contributed by atoms with Crippen molar-refractivity contribution in [2.24, 2.45) is 0 Å². The molecule has 0 radical (unpaired) electrons. The molecule has 2 N–H and O–H groups in total. The molecule has 0 atom stereocenters. The molecule has 0 aliphatic rings. The van der Waals surface area contributed by atoms with Gasteiger partial charge in [-0.15, -0.1) is 0 Å². The van der Waals surface area contributed by atoms with Crippen LogP contribution >= 0.6 is 0 Å². The van der Waals surface area contributed by atoms with E-state index in [9.17, 15) is 0 Å². The number of rotatable bonds is 1. The van der Waals surface area contributed by atoms with Crippen molar-refractivity contribution in [1.29, 1.82) is 5.26 Å². The van der Waals surface area contributed by atoms with Crippen LogP contribution in [0.3, 0.4) is 0 Å². The van der Waals surface area contributed by atoms with Gasteiger partial charge in [-0.1, -0.05) is 0 Å². The molecule has 0 saturated carbocycles. The van der Waals surface area contributed by atoms with E-state index in [1.54, 1.807) is 6.20 Å². The van der Waals surface area contributed by atoms with Crippen molar-refractivity contribution in [3.8, 4) is 17.5 Å². The monoisotopic (exact) mass is 158 g/mol. The number of H-pyrrole nitrogens is 2. The van der Waals surface area contributed by atoms with E-state index in [1.165, 1.54) is 0 Å². The second-order valence-corrected chi connectivity index (χ2v) is 2.34. The first-order valence-corrected chi connectivity index (χ1v) is 3.49. The van der Waals surface area contributed by atoms with E-state index in [0.29, 0.717) is 5.82 Å². The molecule has 2 heterocycles. The molecule has 0 bridgehead atoms. The van der Waals surface area contributed by atoms with Gasteiger partial charge in [0.2, 0.25) is 5.82 Å². The maximum Gasteiger partial charge on any atom is 0.210 e. The van der Waals surface area contributed by atoms with Gasteiger partial charge in [-0.3, -0.25) is 0 Å². The smallest absolute Gasteiger partial charge is 0.210 e. The highest BCUT2D eigenvalue weighted by atomic mass is 14.9. The molecule has 2 aromatic heterocycles. The van der Waals surface area contributed by atoms with Crippen LogP contribution in [0, 0.1) is 11.3 Å². The van der Waals surface area contributed by atoms with Crippen LogP contribution in [0.5, 0.6) is 0 Å². The van der Waals surface area contributed by atoms with Crippen molar-refractivity contribution < 1.29 is 0 Å². The van der Waals surface area contributed by atoms with E-state index >= 15 is 0 Å². The summed E-state index contributed by atoms with van der Waals surface area (Å²) >= 11 is 0. The number of nitrogens with one attached hydrogen (secondary N) is 2. The molecule has 2 aromatic rings. The highest BCUT2D eigenvalue weighted by Crippen LogP contribution is 2.12. The van der Waals surface area contributed by atoms with E-state index in [-0.39, 0.29) is 0 Å². The number of nitriles is 1. The van der Waals surface area contributed by atoms with Crippen LogP contribution in [-0.4, -0.2) is 15.0 Å². The highest BCUT2D eigenvalue weighted by molar-refractivity contribution is 5.53. The Bertz CT molecular complexity index is 404. The summed E-state index contributed by atoms with van der Waals surface area (Å²) in [6.45, 7) is 0. The fourth-order valence-corrected chi connectivity index (χ4v) is 1.01. The molecule has 0 unspecified atom stereocenters. The topological polar surface area (TPSA) is 68.3 Å². The van der Waals surface area contributed by atoms with E-state index in [4.69, 9.17) is 5.26 Å². The van der Waals surface area contributed by atoms with Crippen LogP contribution in [-0.2, 0) is 0 Å². The Morgan fingerprint density at radius 1 is 1.42 bits per heavy atom. The van der Waals surface area contributed by atoms with Crippen LogP contribution in [0.15, 0.2) is 24.5 Å². The third kappa shape index (κ3) is 0.974. The summed E-state index contributed by atoms with van der Waals surface area (Å²) in [5.41, 5.74) is 1.76. The molecule has 4 heteroatoms. The lowest BCUT2D eigenvalue weighted by Gasteiger charge is -1.87. The van der Waals surface area contributed by atoms with Gasteiger partial charge < -0.3 is 9.97 Å². The summed E-state index contributed by atoms with van der Waals surface area (Å²) in [5.74, 6) is 0.333. The zero-order chi connectivity index (χ0) is 8.39. The van der Waals surface area contributed by atoms with Crippen molar-refractivity contribution in [1.82, 2.24) is 15.0 Å². The molecule has 0 fully saturated rings. The third-order valence-corrected chi connectivity index (χ3v) is 1.57. The quantitative estimate of drug-likeness (QED) is 0.656. The number of hydrogen-bond acceptors (Lipinski definition) is 2. The van der Waals surface area contributed by atoms with E-state index in [1.807, 2.05) is 24.4 Å². The average Bonchev–Trinajstić information content (AvgIpc) is 2.75. The van der Waals surface area contributed by atoms with Crippen molar-refractivity contribution in [2.75, 3.05) is 0 Å². The molecule has 0 amide bonds. The number of imidazole rings is 1. The molecule has 12 heavy (non-hydrogen) atoms. The third-order valence-electron chi connectivity index (χ3n) is 1.57. The van der Waals surface area contributed by atoms with Gasteiger partial charge in [0.15, 0.2) is 0 Å². The molecule has 0 aliphatic carbocycles. The molecular formula is C8H6N4. The first-order valence-electron chi connectivity index (χ1n) is 3.49. The molecule has 4 nitrogen and oxygen atoms in total. The van der Waals surface area contributed by atoms with Crippen LogP contribution in [0.25, 0.3) is 11.4 Å². The summed E-state index contributed by atoms with van der Waals surface area (Å²) in [6.07, 6.45) is 3.45. The molecule has 0 aliphatic heterocycles. The summed E-state index contributed by atoms with van der Waals surface area (Å²) in [7, 11) is 0. The van der Waals surface area contributed by atoms with Gasteiger partial charge in [-0.2, -0.15) is 5.26 Å². The average molecular weight is 158 g/mol. The van der Waals surface area contributed by atoms with E-state index in [2.05, 4.69) is 15.0 Å². The second-order valence-electron chi connectivity index (χ2n) is 2.34. The predicted molar refractivity (Wildman–Crippen MR) is 43.1 cm³/mol. The second kappa shape index (κ2) is 2.55. The fourth-order valence-electron chi connectivity index (χ4n) is 1.01. The Morgan fingerprint density at radius 2 is 2.33 bits per heavy atom. The normalized spacial score (nSPS) is 9.58. The van der Waals surface area contributed by atoms with Crippen LogP contribution in [0.4, 0.5) is 0 Å². The SMILES string of the molecule is N#Cc1ncc(-c2ccc[nH]2)[nH]1. The van der Waals surface area contributed by atoms with Gasteiger partial charge in [0, 0.05) is 6.20 Å². The Labute approximate surface area is 68.9 Å². The number of nitrogens with zero attached hydrogens (tertiary/aromatic N) is 2. The summed E-state index contributed by atoms with van der Waals surface area (Å²) in [4.78, 5) is 9.73. The standard InChI is InChI=1S/C8H6N4/c9-4-8-11-5-7(12-8)6-2-1-3-10-6/h1-3,5,10H,(H,11,12). The van der Waals surface area contributed by atoms with Gasteiger partial charge in [0.1, 0.15) is 6.07 Å². The molecule has 0 saturated heterocycles. The zero-order valence-electron chi connectivity index (χ0n) is 6.20. The highest BCUT2D eigenvalue weighted by Gasteiger charge is 2.01. The van der Waals surface area contributed by atoms with E-state index < -0.39 is 0 Å². The molecule has 0 aromatic carbocycles. The van der Waals surface area contributed by atoms with Gasteiger partial charge >= 0.3 is 0 Å². The van der Waals surface area contributed by atoms with Gasteiger partial charge in [0.25, 0.3) is 0 Å². The lowest BCUT2D eigenvalue weighted by Crippen LogP contribution is -1.77. The summed E-state index contributed by atoms with van der Waals surface area (Å²) in [5, 5.41) is 8.49. The van der Waals surface area contributed by atoms with Crippen LogP contribution in [0.1, 0.15) is 5.82 Å². The Kier molecular flexibility index (Phi) is 1.42. The van der Waals surface area contributed by atoms with Crippen molar-refractivity contribution in [2.45, 2.75) is 0 Å². The fraction of sp³-hybridized carbons (Fsp3) is 0. The van der Waals surface area contributed by atoms with Gasteiger partial charge in [-0.25, -0.2) is 4.98 Å². The van der Waals surface area contributed by atoms with Crippen molar-refractivity contribution in [3.63, 3.8) is 0 Å². The van der Waals surface area contributed by atoms with Crippen molar-refractivity contribution in [3.05, 3.63) is 30.4 Å². The zero-order valence-corrected chi connectivity index (χ0v) is 6.20. The number of hydrogen-bond donors (Lipinski definition) is 2. The number of aromatic nitrogens is 3. The molecular weight excluding hydrogens is 152 g/mol. The Morgan fingerprint density at radius 3 is 2.92 bits per heavy atom.